The minimum absolute atomic E-state index is 0.0805. The van der Waals surface area contributed by atoms with Gasteiger partial charge in [0.2, 0.25) is 10.0 Å². The van der Waals surface area contributed by atoms with Crippen LogP contribution in [0, 0.1) is 6.92 Å². The second-order valence-corrected chi connectivity index (χ2v) is 7.16. The zero-order chi connectivity index (χ0) is 17.0. The Morgan fingerprint density at radius 1 is 1.22 bits per heavy atom. The zero-order valence-corrected chi connectivity index (χ0v) is 14.1. The van der Waals surface area contributed by atoms with Gasteiger partial charge < -0.3 is 5.32 Å². The van der Waals surface area contributed by atoms with Gasteiger partial charge in [-0.1, -0.05) is 29.8 Å². The number of hydrogen-bond acceptors (Lipinski definition) is 3. The topological polar surface area (TPSA) is 89.3 Å². The average Bonchev–Trinajstić information content (AvgIpc) is 2.46. The molecular formula is C16H17ClN2O3S. The van der Waals surface area contributed by atoms with Gasteiger partial charge in [0.05, 0.1) is 4.90 Å². The molecule has 0 aliphatic rings. The molecule has 2 rings (SSSR count). The summed E-state index contributed by atoms with van der Waals surface area (Å²) in [4.78, 5) is 12.1. The average molecular weight is 353 g/mol. The molecule has 0 aliphatic heterocycles. The monoisotopic (exact) mass is 352 g/mol. The third kappa shape index (κ3) is 4.79. The summed E-state index contributed by atoms with van der Waals surface area (Å²) in [5, 5.41) is 8.51. The molecule has 7 heteroatoms. The van der Waals surface area contributed by atoms with Crippen LogP contribution in [0.25, 0.3) is 0 Å². The lowest BCUT2D eigenvalue weighted by molar-refractivity contribution is 0.0953. The number of aryl methyl sites for hydroxylation is 1. The van der Waals surface area contributed by atoms with Gasteiger partial charge in [-0.2, -0.15) is 0 Å². The minimum Gasteiger partial charge on any atom is -0.352 e. The van der Waals surface area contributed by atoms with E-state index in [1.54, 1.807) is 19.1 Å². The van der Waals surface area contributed by atoms with Crippen LogP contribution in [-0.2, 0) is 16.4 Å². The minimum atomic E-state index is -3.84. The Kier molecular flexibility index (Phi) is 5.41. The molecule has 0 bridgehead atoms. The Bertz CT molecular complexity index is 835. The fourth-order valence-corrected chi connectivity index (χ4v) is 2.88. The van der Waals surface area contributed by atoms with Crippen molar-refractivity contribution in [3.63, 3.8) is 0 Å². The van der Waals surface area contributed by atoms with Crippen molar-refractivity contribution in [2.24, 2.45) is 5.14 Å². The van der Waals surface area contributed by atoms with Gasteiger partial charge in [0, 0.05) is 17.1 Å². The Balaban J connectivity index is 2.06. The van der Waals surface area contributed by atoms with Gasteiger partial charge in [-0.3, -0.25) is 4.79 Å². The fraction of sp³-hybridized carbons (Fsp3) is 0.188. The van der Waals surface area contributed by atoms with Crippen molar-refractivity contribution in [1.29, 1.82) is 0 Å². The maximum atomic E-state index is 12.2. The normalized spacial score (nSPS) is 11.3. The van der Waals surface area contributed by atoms with Gasteiger partial charge in [0.15, 0.2) is 0 Å². The van der Waals surface area contributed by atoms with Crippen molar-refractivity contribution in [3.8, 4) is 0 Å². The van der Waals surface area contributed by atoms with Crippen molar-refractivity contribution in [1.82, 2.24) is 5.32 Å². The van der Waals surface area contributed by atoms with E-state index in [2.05, 4.69) is 5.32 Å². The van der Waals surface area contributed by atoms with Crippen LogP contribution in [0.1, 0.15) is 21.5 Å². The van der Waals surface area contributed by atoms with Crippen LogP contribution in [0.3, 0.4) is 0 Å². The summed E-state index contributed by atoms with van der Waals surface area (Å²) in [6.07, 6.45) is 0.625. The highest BCUT2D eigenvalue weighted by atomic mass is 35.5. The molecule has 0 atom stereocenters. The fourth-order valence-electron chi connectivity index (χ4n) is 2.13. The first-order valence-electron chi connectivity index (χ1n) is 6.93. The number of carbonyl (C=O) groups is 1. The highest BCUT2D eigenvalue weighted by Crippen LogP contribution is 2.15. The smallest absolute Gasteiger partial charge is 0.251 e. The van der Waals surface area contributed by atoms with Crippen LogP contribution in [0.5, 0.6) is 0 Å². The van der Waals surface area contributed by atoms with Crippen molar-refractivity contribution >= 4 is 27.5 Å². The standard InChI is InChI=1S/C16H17ClN2O3S/c1-11-5-6-14(23(18,21)22)10-15(11)16(20)19-8-7-12-3-2-4-13(17)9-12/h2-6,9-10H,7-8H2,1H3,(H,19,20)(H2,18,21,22). The molecule has 0 heterocycles. The Labute approximate surface area is 140 Å². The van der Waals surface area contributed by atoms with E-state index in [1.807, 2.05) is 18.2 Å². The van der Waals surface area contributed by atoms with Crippen LogP contribution in [0.15, 0.2) is 47.4 Å². The molecule has 3 N–H and O–H groups in total. The van der Waals surface area contributed by atoms with Gasteiger partial charge in [-0.25, -0.2) is 13.6 Å². The molecular weight excluding hydrogens is 336 g/mol. The first-order valence-corrected chi connectivity index (χ1v) is 8.86. The molecule has 0 aromatic heterocycles. The highest BCUT2D eigenvalue weighted by Gasteiger charge is 2.14. The molecule has 2 aromatic carbocycles. The first kappa shape index (κ1) is 17.5. The van der Waals surface area contributed by atoms with Crippen LogP contribution < -0.4 is 10.5 Å². The summed E-state index contributed by atoms with van der Waals surface area (Å²) >= 11 is 5.91. The molecule has 0 saturated heterocycles. The lowest BCUT2D eigenvalue weighted by Gasteiger charge is -2.09. The van der Waals surface area contributed by atoms with Gasteiger partial charge in [-0.05, 0) is 48.7 Å². The van der Waals surface area contributed by atoms with E-state index in [-0.39, 0.29) is 10.8 Å². The third-order valence-corrected chi connectivity index (χ3v) is 4.52. The zero-order valence-electron chi connectivity index (χ0n) is 12.5. The SMILES string of the molecule is Cc1ccc(S(N)(=O)=O)cc1C(=O)NCCc1cccc(Cl)c1. The summed E-state index contributed by atoms with van der Waals surface area (Å²) < 4.78 is 22.8. The number of benzene rings is 2. The predicted octanol–water partition coefficient (Wildman–Crippen LogP) is 2.27. The van der Waals surface area contributed by atoms with E-state index in [1.165, 1.54) is 12.1 Å². The molecule has 1 amide bonds. The van der Waals surface area contributed by atoms with Crippen LogP contribution in [0.2, 0.25) is 5.02 Å². The Morgan fingerprint density at radius 3 is 2.61 bits per heavy atom. The van der Waals surface area contributed by atoms with Crippen molar-refractivity contribution < 1.29 is 13.2 Å². The van der Waals surface area contributed by atoms with Crippen molar-refractivity contribution in [2.75, 3.05) is 6.54 Å². The summed E-state index contributed by atoms with van der Waals surface area (Å²) in [6, 6.07) is 11.6. The van der Waals surface area contributed by atoms with Crippen LogP contribution >= 0.6 is 11.6 Å². The Hall–Kier alpha value is -1.89. The molecule has 0 aliphatic carbocycles. The quantitative estimate of drug-likeness (QED) is 0.865. The lowest BCUT2D eigenvalue weighted by Crippen LogP contribution is -2.27. The summed E-state index contributed by atoms with van der Waals surface area (Å²) in [7, 11) is -3.84. The van der Waals surface area contributed by atoms with Gasteiger partial charge >= 0.3 is 0 Å². The van der Waals surface area contributed by atoms with E-state index in [0.29, 0.717) is 29.1 Å². The lowest BCUT2D eigenvalue weighted by atomic mass is 10.1. The number of nitrogens with one attached hydrogen (secondary N) is 1. The highest BCUT2D eigenvalue weighted by molar-refractivity contribution is 7.89. The number of sulfonamides is 1. The molecule has 0 spiro atoms. The van der Waals surface area contributed by atoms with E-state index in [9.17, 15) is 13.2 Å². The molecule has 0 fully saturated rings. The number of primary sulfonamides is 1. The van der Waals surface area contributed by atoms with Gasteiger partial charge in [-0.15, -0.1) is 0 Å². The van der Waals surface area contributed by atoms with Crippen LogP contribution in [-0.4, -0.2) is 20.9 Å². The number of nitrogens with two attached hydrogens (primary N) is 1. The second kappa shape index (κ2) is 7.12. The Morgan fingerprint density at radius 2 is 1.96 bits per heavy atom. The number of amides is 1. The maximum absolute atomic E-state index is 12.2. The van der Waals surface area contributed by atoms with Crippen molar-refractivity contribution in [2.45, 2.75) is 18.2 Å². The summed E-state index contributed by atoms with van der Waals surface area (Å²) in [5.41, 5.74) is 1.98. The molecule has 0 saturated carbocycles. The summed E-state index contributed by atoms with van der Waals surface area (Å²) in [6.45, 7) is 2.15. The number of hydrogen-bond donors (Lipinski definition) is 2. The number of rotatable bonds is 5. The molecule has 23 heavy (non-hydrogen) atoms. The van der Waals surface area contributed by atoms with Crippen LogP contribution in [0.4, 0.5) is 0 Å². The van der Waals surface area contributed by atoms with E-state index < -0.39 is 10.0 Å². The number of carbonyl (C=O) groups excluding carboxylic acids is 1. The molecule has 122 valence electrons. The van der Waals surface area contributed by atoms with E-state index in [4.69, 9.17) is 16.7 Å². The largest absolute Gasteiger partial charge is 0.352 e. The predicted molar refractivity (Wildman–Crippen MR) is 90.0 cm³/mol. The van der Waals surface area contributed by atoms with Gasteiger partial charge in [0.25, 0.3) is 5.91 Å². The maximum Gasteiger partial charge on any atom is 0.251 e. The van der Waals surface area contributed by atoms with Crippen molar-refractivity contribution in [3.05, 3.63) is 64.2 Å². The third-order valence-electron chi connectivity index (χ3n) is 3.37. The first-order chi connectivity index (χ1) is 10.8. The molecule has 0 radical (unpaired) electrons. The van der Waals surface area contributed by atoms with Gasteiger partial charge in [0.1, 0.15) is 0 Å². The van der Waals surface area contributed by atoms with E-state index in [0.717, 1.165) is 5.56 Å². The van der Waals surface area contributed by atoms with E-state index >= 15 is 0 Å². The molecule has 2 aromatic rings. The molecule has 0 unspecified atom stereocenters. The summed E-state index contributed by atoms with van der Waals surface area (Å²) in [5.74, 6) is -0.338. The molecule has 5 nitrogen and oxygen atoms in total. The number of halogens is 1. The second-order valence-electron chi connectivity index (χ2n) is 5.16.